The van der Waals surface area contributed by atoms with Gasteiger partial charge in [-0.3, -0.25) is 4.90 Å². The fraction of sp³-hybridized carbons (Fsp3) is 0.800. The predicted molar refractivity (Wildman–Crippen MR) is 77.4 cm³/mol. The summed E-state index contributed by atoms with van der Waals surface area (Å²) in [5.41, 5.74) is 2.63. The van der Waals surface area contributed by atoms with Crippen LogP contribution in [0.5, 0.6) is 0 Å². The van der Waals surface area contributed by atoms with Gasteiger partial charge in [-0.2, -0.15) is 0 Å². The van der Waals surface area contributed by atoms with E-state index in [4.69, 9.17) is 4.98 Å². The number of hydrogen-bond acceptors (Lipinski definition) is 3. The standard InChI is InChI=1S/C15H26N4/c1-11-14(12-6-4-3-5-7-12)18-15(17-11)13-10-16-8-9-19(13)2/h12-13,16H,3-10H2,1-2H3,(H,17,18). The molecule has 1 atom stereocenters. The summed E-state index contributed by atoms with van der Waals surface area (Å²) in [6.07, 6.45) is 6.80. The number of aryl methyl sites for hydroxylation is 1. The molecule has 1 saturated heterocycles. The van der Waals surface area contributed by atoms with Crippen molar-refractivity contribution in [3.8, 4) is 0 Å². The van der Waals surface area contributed by atoms with Crippen molar-refractivity contribution in [2.24, 2.45) is 0 Å². The molecule has 1 saturated carbocycles. The van der Waals surface area contributed by atoms with E-state index in [9.17, 15) is 0 Å². The Morgan fingerprint density at radius 3 is 2.74 bits per heavy atom. The Labute approximate surface area is 116 Å². The van der Waals surface area contributed by atoms with Gasteiger partial charge in [0, 0.05) is 31.2 Å². The largest absolute Gasteiger partial charge is 0.344 e. The van der Waals surface area contributed by atoms with E-state index in [1.54, 1.807) is 0 Å². The lowest BCUT2D eigenvalue weighted by Crippen LogP contribution is -2.44. The van der Waals surface area contributed by atoms with E-state index in [0.717, 1.165) is 25.5 Å². The minimum absolute atomic E-state index is 0.407. The normalized spacial score (nSPS) is 26.7. The monoisotopic (exact) mass is 262 g/mol. The molecule has 2 heterocycles. The van der Waals surface area contributed by atoms with Crippen molar-refractivity contribution < 1.29 is 0 Å². The predicted octanol–water partition coefficient (Wildman–Crippen LogP) is 2.34. The van der Waals surface area contributed by atoms with Gasteiger partial charge in [0.05, 0.1) is 11.7 Å². The molecule has 0 radical (unpaired) electrons. The van der Waals surface area contributed by atoms with E-state index >= 15 is 0 Å². The van der Waals surface area contributed by atoms with Crippen molar-refractivity contribution in [1.29, 1.82) is 0 Å². The van der Waals surface area contributed by atoms with Gasteiger partial charge in [0.15, 0.2) is 0 Å². The van der Waals surface area contributed by atoms with Crippen molar-refractivity contribution in [3.63, 3.8) is 0 Å². The zero-order chi connectivity index (χ0) is 13.2. The fourth-order valence-corrected chi connectivity index (χ4v) is 3.54. The summed E-state index contributed by atoms with van der Waals surface area (Å²) in [7, 11) is 2.20. The number of H-pyrrole nitrogens is 1. The van der Waals surface area contributed by atoms with Crippen LogP contribution in [0.2, 0.25) is 0 Å². The minimum Gasteiger partial charge on any atom is -0.344 e. The molecule has 4 heteroatoms. The number of nitrogens with one attached hydrogen (secondary N) is 2. The van der Waals surface area contributed by atoms with Crippen LogP contribution >= 0.6 is 0 Å². The SMILES string of the molecule is Cc1[nH]c(C2CNCCN2C)nc1C1CCCCC1. The van der Waals surface area contributed by atoms with Crippen LogP contribution in [0.1, 0.15) is 61.3 Å². The van der Waals surface area contributed by atoms with Gasteiger partial charge in [-0.1, -0.05) is 19.3 Å². The molecule has 19 heavy (non-hydrogen) atoms. The highest BCUT2D eigenvalue weighted by molar-refractivity contribution is 5.20. The molecule has 4 nitrogen and oxygen atoms in total. The van der Waals surface area contributed by atoms with Crippen LogP contribution in [0.4, 0.5) is 0 Å². The Morgan fingerprint density at radius 1 is 1.21 bits per heavy atom. The maximum atomic E-state index is 4.97. The van der Waals surface area contributed by atoms with E-state index in [0.29, 0.717) is 12.0 Å². The third-order valence-corrected chi connectivity index (χ3v) is 4.76. The molecule has 0 aromatic carbocycles. The first kappa shape index (κ1) is 13.1. The first-order valence-electron chi connectivity index (χ1n) is 7.73. The lowest BCUT2D eigenvalue weighted by Gasteiger charge is -2.31. The van der Waals surface area contributed by atoms with Gasteiger partial charge in [-0.05, 0) is 26.8 Å². The van der Waals surface area contributed by atoms with Crippen molar-refractivity contribution >= 4 is 0 Å². The summed E-state index contributed by atoms with van der Waals surface area (Å²) in [4.78, 5) is 10.9. The van der Waals surface area contributed by atoms with Gasteiger partial charge in [0.1, 0.15) is 5.82 Å². The van der Waals surface area contributed by atoms with Crippen LogP contribution < -0.4 is 5.32 Å². The Balaban J connectivity index is 1.79. The zero-order valence-electron chi connectivity index (χ0n) is 12.2. The number of aromatic amines is 1. The molecule has 1 unspecified atom stereocenters. The first-order chi connectivity index (χ1) is 9.25. The van der Waals surface area contributed by atoms with Crippen molar-refractivity contribution in [1.82, 2.24) is 20.2 Å². The third-order valence-electron chi connectivity index (χ3n) is 4.76. The molecule has 1 aliphatic carbocycles. The Kier molecular flexibility index (Phi) is 3.89. The van der Waals surface area contributed by atoms with Crippen LogP contribution in [0.15, 0.2) is 0 Å². The maximum Gasteiger partial charge on any atom is 0.125 e. The number of nitrogens with zero attached hydrogens (tertiary/aromatic N) is 2. The highest BCUT2D eigenvalue weighted by Crippen LogP contribution is 2.34. The van der Waals surface area contributed by atoms with Crippen LogP contribution in [-0.2, 0) is 0 Å². The lowest BCUT2D eigenvalue weighted by atomic mass is 9.86. The number of likely N-dealkylation sites (N-methyl/N-ethyl adjacent to an activating group) is 1. The van der Waals surface area contributed by atoms with Gasteiger partial charge in [-0.25, -0.2) is 4.98 Å². The Bertz CT molecular complexity index is 420. The van der Waals surface area contributed by atoms with E-state index in [-0.39, 0.29) is 0 Å². The van der Waals surface area contributed by atoms with Crippen LogP contribution in [-0.4, -0.2) is 41.5 Å². The highest BCUT2D eigenvalue weighted by Gasteiger charge is 2.26. The quantitative estimate of drug-likeness (QED) is 0.860. The average Bonchev–Trinajstić information content (AvgIpc) is 2.82. The van der Waals surface area contributed by atoms with E-state index in [1.807, 2.05) is 0 Å². The minimum atomic E-state index is 0.407. The molecule has 1 aromatic rings. The molecule has 0 amide bonds. The molecule has 3 rings (SSSR count). The number of hydrogen-bond donors (Lipinski definition) is 2. The summed E-state index contributed by atoms with van der Waals surface area (Å²) >= 11 is 0. The van der Waals surface area contributed by atoms with Gasteiger partial charge < -0.3 is 10.3 Å². The van der Waals surface area contributed by atoms with Crippen LogP contribution in [0.25, 0.3) is 0 Å². The topological polar surface area (TPSA) is 44.0 Å². The average molecular weight is 262 g/mol. The number of rotatable bonds is 2. The molecule has 1 aliphatic heterocycles. The summed E-state index contributed by atoms with van der Waals surface area (Å²) in [6.45, 7) is 5.38. The third kappa shape index (κ3) is 2.70. The second kappa shape index (κ2) is 5.63. The molecule has 2 fully saturated rings. The second-order valence-corrected chi connectivity index (χ2v) is 6.17. The molecule has 2 aliphatic rings. The smallest absolute Gasteiger partial charge is 0.125 e. The zero-order valence-corrected chi connectivity index (χ0v) is 12.2. The van der Waals surface area contributed by atoms with E-state index in [2.05, 4.69) is 29.2 Å². The molecular formula is C15H26N4. The first-order valence-corrected chi connectivity index (χ1v) is 7.73. The summed E-state index contributed by atoms with van der Waals surface area (Å²) in [6, 6.07) is 0.407. The number of piperazine rings is 1. The Hall–Kier alpha value is -0.870. The highest BCUT2D eigenvalue weighted by atomic mass is 15.2. The van der Waals surface area contributed by atoms with Gasteiger partial charge in [0.2, 0.25) is 0 Å². The van der Waals surface area contributed by atoms with Gasteiger partial charge in [0.25, 0.3) is 0 Å². The maximum absolute atomic E-state index is 4.97. The molecule has 106 valence electrons. The van der Waals surface area contributed by atoms with E-state index < -0.39 is 0 Å². The second-order valence-electron chi connectivity index (χ2n) is 6.17. The molecular weight excluding hydrogens is 236 g/mol. The van der Waals surface area contributed by atoms with Crippen molar-refractivity contribution in [2.75, 3.05) is 26.7 Å². The Morgan fingerprint density at radius 2 is 2.00 bits per heavy atom. The lowest BCUT2D eigenvalue weighted by molar-refractivity contribution is 0.195. The molecule has 0 spiro atoms. The molecule has 2 N–H and O–H groups in total. The number of aromatic nitrogens is 2. The summed E-state index contributed by atoms with van der Waals surface area (Å²) < 4.78 is 0. The van der Waals surface area contributed by atoms with Crippen LogP contribution in [0, 0.1) is 6.92 Å². The number of imidazole rings is 1. The summed E-state index contributed by atoms with van der Waals surface area (Å²) in [5, 5.41) is 3.47. The fourth-order valence-electron chi connectivity index (χ4n) is 3.54. The van der Waals surface area contributed by atoms with Crippen molar-refractivity contribution in [2.45, 2.75) is 51.0 Å². The van der Waals surface area contributed by atoms with Crippen molar-refractivity contribution in [3.05, 3.63) is 17.2 Å². The van der Waals surface area contributed by atoms with E-state index in [1.165, 1.54) is 43.5 Å². The van der Waals surface area contributed by atoms with Gasteiger partial charge >= 0.3 is 0 Å². The molecule has 1 aromatic heterocycles. The van der Waals surface area contributed by atoms with Gasteiger partial charge in [-0.15, -0.1) is 0 Å². The molecule has 0 bridgehead atoms. The summed E-state index contributed by atoms with van der Waals surface area (Å²) in [5.74, 6) is 1.85. The van der Waals surface area contributed by atoms with Crippen LogP contribution in [0.3, 0.4) is 0 Å².